The number of aromatic amines is 1. The van der Waals surface area contributed by atoms with Crippen molar-refractivity contribution < 1.29 is 18.3 Å². The Morgan fingerprint density at radius 2 is 2.15 bits per heavy atom. The second kappa shape index (κ2) is 9.82. The highest BCUT2D eigenvalue weighted by Gasteiger charge is 2.34. The molecular weight excluding hydrogens is 472 g/mol. The van der Waals surface area contributed by atoms with Crippen LogP contribution in [0.25, 0.3) is 22.3 Å². The topological polar surface area (TPSA) is 87.1 Å². The van der Waals surface area contributed by atoms with E-state index in [9.17, 15) is 8.78 Å². The minimum atomic E-state index is -2.65. The molecule has 0 spiro atoms. The molecule has 1 saturated heterocycles. The van der Waals surface area contributed by atoms with Gasteiger partial charge in [0.15, 0.2) is 16.7 Å². The third kappa shape index (κ3) is 5.07. The molecule has 2 N–H and O–H groups in total. The molecule has 1 fully saturated rings. The first-order chi connectivity index (χ1) is 15.8. The standard InChI is InChI=1S/C22H24ClF2N5O2S/c1-31-16-9-15(23)14(8-17(16)32-7-6-30-5-3-4-22(24,25)12-30)19-18-13(10-26)11-27-20(18)29-21(28-19)33-2/h8-11,26H,3-7,12H2,1-2H3,(H,27,28,29). The van der Waals surface area contributed by atoms with Crippen LogP contribution in [0, 0.1) is 5.41 Å². The lowest BCUT2D eigenvalue weighted by molar-refractivity contribution is -0.0656. The molecule has 0 amide bonds. The molecule has 0 radical (unpaired) electrons. The van der Waals surface area contributed by atoms with Gasteiger partial charge in [-0.3, -0.25) is 4.90 Å². The average Bonchev–Trinajstić information content (AvgIpc) is 3.21. The maximum absolute atomic E-state index is 13.7. The number of nitrogens with zero attached hydrogens (tertiary/aromatic N) is 3. The van der Waals surface area contributed by atoms with E-state index in [0.29, 0.717) is 69.0 Å². The van der Waals surface area contributed by atoms with E-state index in [2.05, 4.69) is 15.0 Å². The van der Waals surface area contributed by atoms with Gasteiger partial charge in [0, 0.05) is 42.6 Å². The number of rotatable bonds is 8. The number of halogens is 3. The fourth-order valence-electron chi connectivity index (χ4n) is 3.95. The van der Waals surface area contributed by atoms with Crippen LogP contribution in [0.2, 0.25) is 5.02 Å². The summed E-state index contributed by atoms with van der Waals surface area (Å²) in [6.45, 7) is 0.966. The molecule has 2 aromatic heterocycles. The van der Waals surface area contributed by atoms with E-state index in [-0.39, 0.29) is 19.6 Å². The van der Waals surface area contributed by atoms with E-state index in [1.54, 1.807) is 23.2 Å². The summed E-state index contributed by atoms with van der Waals surface area (Å²) in [5.74, 6) is -1.78. The number of nitrogens with one attached hydrogen (secondary N) is 2. The van der Waals surface area contributed by atoms with Gasteiger partial charge in [-0.2, -0.15) is 0 Å². The quantitative estimate of drug-likeness (QED) is 0.256. The van der Waals surface area contributed by atoms with E-state index in [1.807, 2.05) is 6.26 Å². The van der Waals surface area contributed by atoms with Crippen LogP contribution in [0.1, 0.15) is 18.4 Å². The molecule has 1 aliphatic heterocycles. The number of benzene rings is 1. The number of hydrogen-bond donors (Lipinski definition) is 2. The van der Waals surface area contributed by atoms with Gasteiger partial charge < -0.3 is 19.9 Å². The van der Waals surface area contributed by atoms with E-state index >= 15 is 0 Å². The number of alkyl halides is 2. The molecule has 3 aromatic rings. The van der Waals surface area contributed by atoms with Crippen molar-refractivity contribution in [2.75, 3.05) is 39.6 Å². The van der Waals surface area contributed by atoms with Gasteiger partial charge in [-0.15, -0.1) is 0 Å². The summed E-state index contributed by atoms with van der Waals surface area (Å²) < 4.78 is 38.8. The molecule has 0 atom stereocenters. The lowest BCUT2D eigenvalue weighted by atomic mass is 10.1. The first-order valence-electron chi connectivity index (χ1n) is 10.4. The van der Waals surface area contributed by atoms with Crippen molar-refractivity contribution in [1.29, 1.82) is 5.41 Å². The number of hydrogen-bond acceptors (Lipinski definition) is 7. The fourth-order valence-corrected chi connectivity index (χ4v) is 4.56. The van der Waals surface area contributed by atoms with Gasteiger partial charge >= 0.3 is 0 Å². The van der Waals surface area contributed by atoms with Crippen LogP contribution in [0.5, 0.6) is 11.5 Å². The molecule has 0 aliphatic carbocycles. The largest absolute Gasteiger partial charge is 0.493 e. The molecular formula is C22H24ClF2N5O2S. The number of ether oxygens (including phenoxy) is 2. The zero-order valence-electron chi connectivity index (χ0n) is 18.3. The Kier molecular flexibility index (Phi) is 7.06. The molecule has 7 nitrogen and oxygen atoms in total. The summed E-state index contributed by atoms with van der Waals surface area (Å²) >= 11 is 7.99. The SMILES string of the molecule is COc1cc(Cl)c(-c2nc(SC)nc3[nH]cc(C=N)c23)cc1OCCN1CCCC(F)(F)C1. The monoisotopic (exact) mass is 495 g/mol. The van der Waals surface area contributed by atoms with Gasteiger partial charge in [0.1, 0.15) is 12.3 Å². The average molecular weight is 496 g/mol. The second-order valence-electron chi connectivity index (χ2n) is 7.74. The Hall–Kier alpha value is -2.43. The highest BCUT2D eigenvalue weighted by Crippen LogP contribution is 2.41. The van der Waals surface area contributed by atoms with Crippen molar-refractivity contribution in [3.05, 3.63) is 28.9 Å². The van der Waals surface area contributed by atoms with Crippen molar-refractivity contribution in [3.63, 3.8) is 0 Å². The highest BCUT2D eigenvalue weighted by molar-refractivity contribution is 7.98. The minimum absolute atomic E-state index is 0.0684. The Morgan fingerprint density at radius 1 is 1.33 bits per heavy atom. The van der Waals surface area contributed by atoms with Crippen LogP contribution in [0.3, 0.4) is 0 Å². The summed E-state index contributed by atoms with van der Waals surface area (Å²) in [6, 6.07) is 3.38. The van der Waals surface area contributed by atoms with Gasteiger partial charge in [0.25, 0.3) is 5.92 Å². The van der Waals surface area contributed by atoms with E-state index < -0.39 is 5.92 Å². The Balaban J connectivity index is 1.66. The van der Waals surface area contributed by atoms with Gasteiger partial charge in [-0.1, -0.05) is 23.4 Å². The number of fused-ring (bicyclic) bond motifs is 1. The summed E-state index contributed by atoms with van der Waals surface area (Å²) in [6.07, 6.45) is 5.20. The van der Waals surface area contributed by atoms with Crippen LogP contribution in [-0.2, 0) is 0 Å². The van der Waals surface area contributed by atoms with E-state index in [4.69, 9.17) is 26.5 Å². The van der Waals surface area contributed by atoms with Crippen LogP contribution in [0.4, 0.5) is 8.78 Å². The van der Waals surface area contributed by atoms with Gasteiger partial charge in [0.05, 0.1) is 29.8 Å². The van der Waals surface area contributed by atoms with E-state index in [1.165, 1.54) is 25.1 Å². The fraction of sp³-hybridized carbons (Fsp3) is 0.409. The van der Waals surface area contributed by atoms with E-state index in [0.717, 1.165) is 0 Å². The van der Waals surface area contributed by atoms with Gasteiger partial charge in [-0.05, 0) is 25.3 Å². The zero-order chi connectivity index (χ0) is 23.6. The number of piperidine rings is 1. The maximum atomic E-state index is 13.7. The van der Waals surface area contributed by atoms with Gasteiger partial charge in [0.2, 0.25) is 0 Å². The number of thioether (sulfide) groups is 1. The van der Waals surface area contributed by atoms with Crippen LogP contribution >= 0.6 is 23.4 Å². The molecule has 4 rings (SSSR count). The number of likely N-dealkylation sites (tertiary alicyclic amines) is 1. The van der Waals surface area contributed by atoms with Crippen LogP contribution in [-0.4, -0.2) is 71.6 Å². The Morgan fingerprint density at radius 3 is 2.85 bits per heavy atom. The summed E-state index contributed by atoms with van der Waals surface area (Å²) in [5, 5.41) is 9.37. The first-order valence-corrected chi connectivity index (χ1v) is 12.0. The second-order valence-corrected chi connectivity index (χ2v) is 8.92. The number of methoxy groups -OCH3 is 1. The minimum Gasteiger partial charge on any atom is -0.493 e. The third-order valence-electron chi connectivity index (χ3n) is 5.52. The predicted octanol–water partition coefficient (Wildman–Crippen LogP) is 5.12. The molecule has 0 bridgehead atoms. The Bertz CT molecular complexity index is 1170. The summed E-state index contributed by atoms with van der Waals surface area (Å²) in [4.78, 5) is 13.9. The lowest BCUT2D eigenvalue weighted by Gasteiger charge is -2.32. The summed E-state index contributed by atoms with van der Waals surface area (Å²) in [7, 11) is 1.51. The maximum Gasteiger partial charge on any atom is 0.260 e. The molecule has 0 saturated carbocycles. The number of H-pyrrole nitrogens is 1. The normalized spacial score (nSPS) is 16.2. The number of aromatic nitrogens is 3. The summed E-state index contributed by atoms with van der Waals surface area (Å²) in [5.41, 5.74) is 2.40. The first kappa shape index (κ1) is 23.7. The van der Waals surface area contributed by atoms with Crippen molar-refractivity contribution in [2.45, 2.75) is 23.9 Å². The Labute approximate surface area is 199 Å². The molecule has 0 unspecified atom stereocenters. The predicted molar refractivity (Wildman–Crippen MR) is 127 cm³/mol. The molecule has 176 valence electrons. The molecule has 33 heavy (non-hydrogen) atoms. The molecule has 3 heterocycles. The van der Waals surface area contributed by atoms with Crippen molar-refractivity contribution in [2.24, 2.45) is 0 Å². The van der Waals surface area contributed by atoms with Crippen molar-refractivity contribution in [1.82, 2.24) is 19.9 Å². The third-order valence-corrected chi connectivity index (χ3v) is 6.39. The smallest absolute Gasteiger partial charge is 0.260 e. The van der Waals surface area contributed by atoms with Crippen LogP contribution in [0.15, 0.2) is 23.5 Å². The van der Waals surface area contributed by atoms with Crippen LogP contribution < -0.4 is 9.47 Å². The molecule has 1 aliphatic rings. The highest BCUT2D eigenvalue weighted by atomic mass is 35.5. The molecule has 1 aromatic carbocycles. The molecule has 11 heteroatoms. The van der Waals surface area contributed by atoms with Gasteiger partial charge in [-0.25, -0.2) is 18.7 Å². The van der Waals surface area contributed by atoms with Crippen molar-refractivity contribution >= 4 is 40.6 Å². The van der Waals surface area contributed by atoms with Crippen molar-refractivity contribution in [3.8, 4) is 22.8 Å². The zero-order valence-corrected chi connectivity index (χ0v) is 19.8. The lowest BCUT2D eigenvalue weighted by Crippen LogP contribution is -2.44.